The van der Waals surface area contributed by atoms with Crippen molar-refractivity contribution in [3.63, 3.8) is 0 Å². The number of hydrogen-bond donors (Lipinski definition) is 1. The van der Waals surface area contributed by atoms with Crippen LogP contribution in [0.1, 0.15) is 22.8 Å². The number of ketones is 1. The van der Waals surface area contributed by atoms with Gasteiger partial charge < -0.3 is 10.2 Å². The quantitative estimate of drug-likeness (QED) is 0.738. The van der Waals surface area contributed by atoms with Crippen molar-refractivity contribution in [3.05, 3.63) is 65.9 Å². The van der Waals surface area contributed by atoms with E-state index in [0.29, 0.717) is 11.5 Å². The predicted molar refractivity (Wildman–Crippen MR) is 96.7 cm³/mol. The normalized spacial score (nSPS) is 12.8. The topological polar surface area (TPSA) is 71.0 Å². The van der Waals surface area contributed by atoms with E-state index in [1.165, 1.54) is 5.56 Å². The Morgan fingerprint density at radius 2 is 2.04 bits per heavy atom. The second kappa shape index (κ2) is 6.32. The lowest BCUT2D eigenvalue weighted by atomic mass is 10.1. The van der Waals surface area contributed by atoms with Crippen LogP contribution in [-0.4, -0.2) is 27.5 Å². The number of rotatable bonds is 4. The number of Topliss-reactive ketones (excluding diaryl/α,β-unsaturated/α-hetero) is 1. The molecule has 0 fully saturated rings. The van der Waals surface area contributed by atoms with Crippen LogP contribution < -0.4 is 10.2 Å². The minimum atomic E-state index is 0.0186. The maximum Gasteiger partial charge on any atom is 0.249 e. The van der Waals surface area contributed by atoms with E-state index < -0.39 is 0 Å². The molecule has 0 amide bonds. The molecule has 124 valence electrons. The third-order valence-electron chi connectivity index (χ3n) is 4.24. The number of benzene rings is 2. The summed E-state index contributed by atoms with van der Waals surface area (Å²) in [5.74, 6) is 1.18. The van der Waals surface area contributed by atoms with Gasteiger partial charge in [-0.05, 0) is 37.1 Å². The van der Waals surface area contributed by atoms with E-state index in [2.05, 4.69) is 43.6 Å². The van der Waals surface area contributed by atoms with Gasteiger partial charge in [-0.2, -0.15) is 10.1 Å². The molecule has 0 saturated heterocycles. The van der Waals surface area contributed by atoms with Gasteiger partial charge in [0.05, 0.1) is 6.20 Å². The summed E-state index contributed by atoms with van der Waals surface area (Å²) in [5, 5.41) is 11.2. The molecule has 6 nitrogen and oxygen atoms in total. The number of carbonyl (C=O) groups excluding carboxylic acids is 1. The van der Waals surface area contributed by atoms with Gasteiger partial charge in [-0.3, -0.25) is 4.79 Å². The molecular formula is C19H17N5O. The number of para-hydroxylation sites is 1. The number of aromatic nitrogens is 3. The van der Waals surface area contributed by atoms with Crippen molar-refractivity contribution in [1.82, 2.24) is 15.2 Å². The first-order valence-electron chi connectivity index (χ1n) is 8.14. The van der Waals surface area contributed by atoms with Crippen LogP contribution in [0.2, 0.25) is 0 Å². The molecule has 1 aliphatic rings. The fourth-order valence-electron chi connectivity index (χ4n) is 3.00. The molecule has 0 bridgehead atoms. The van der Waals surface area contributed by atoms with Crippen molar-refractivity contribution < 1.29 is 4.79 Å². The van der Waals surface area contributed by atoms with E-state index in [0.717, 1.165) is 30.2 Å². The van der Waals surface area contributed by atoms with Gasteiger partial charge in [0, 0.05) is 23.5 Å². The Morgan fingerprint density at radius 3 is 2.92 bits per heavy atom. The van der Waals surface area contributed by atoms with Gasteiger partial charge in [-0.25, -0.2) is 0 Å². The standard InChI is InChI=1S/C19H17N5O/c1-13(25)15-6-4-7-16(11-15)21-19-22-18(12-20-23-19)24-10-9-14-5-2-3-8-17(14)24/h2-8,11-12H,9-10H2,1H3,(H,21,22,23). The minimum Gasteiger partial charge on any atom is -0.324 e. The van der Waals surface area contributed by atoms with Crippen molar-refractivity contribution in [2.75, 3.05) is 16.8 Å². The lowest BCUT2D eigenvalue weighted by Gasteiger charge is -2.18. The summed E-state index contributed by atoms with van der Waals surface area (Å²) >= 11 is 0. The van der Waals surface area contributed by atoms with Gasteiger partial charge >= 0.3 is 0 Å². The smallest absolute Gasteiger partial charge is 0.249 e. The molecule has 0 atom stereocenters. The Hall–Kier alpha value is -3.28. The monoisotopic (exact) mass is 331 g/mol. The van der Waals surface area contributed by atoms with Crippen molar-refractivity contribution in [2.24, 2.45) is 0 Å². The second-order valence-electron chi connectivity index (χ2n) is 5.93. The molecule has 1 aliphatic heterocycles. The van der Waals surface area contributed by atoms with Crippen molar-refractivity contribution in [3.8, 4) is 0 Å². The Balaban J connectivity index is 1.61. The summed E-state index contributed by atoms with van der Waals surface area (Å²) in [6.45, 7) is 2.42. The largest absolute Gasteiger partial charge is 0.324 e. The highest BCUT2D eigenvalue weighted by atomic mass is 16.1. The van der Waals surface area contributed by atoms with Gasteiger partial charge in [-0.15, -0.1) is 5.10 Å². The fraction of sp³-hybridized carbons (Fsp3) is 0.158. The summed E-state index contributed by atoms with van der Waals surface area (Å²) in [4.78, 5) is 18.2. The molecule has 0 unspecified atom stereocenters. The second-order valence-corrected chi connectivity index (χ2v) is 5.93. The molecule has 4 rings (SSSR count). The first-order valence-corrected chi connectivity index (χ1v) is 8.14. The highest BCUT2D eigenvalue weighted by Crippen LogP contribution is 2.33. The van der Waals surface area contributed by atoms with E-state index in [4.69, 9.17) is 0 Å². The molecule has 3 aromatic rings. The van der Waals surface area contributed by atoms with E-state index in [1.807, 2.05) is 18.2 Å². The Labute approximate surface area is 145 Å². The van der Waals surface area contributed by atoms with Crippen LogP contribution in [0.25, 0.3) is 0 Å². The average molecular weight is 331 g/mol. The summed E-state index contributed by atoms with van der Waals surface area (Å²) in [7, 11) is 0. The molecule has 0 saturated carbocycles. The van der Waals surface area contributed by atoms with Gasteiger partial charge in [0.15, 0.2) is 11.6 Å². The van der Waals surface area contributed by atoms with Crippen LogP contribution in [0.15, 0.2) is 54.7 Å². The van der Waals surface area contributed by atoms with E-state index >= 15 is 0 Å². The summed E-state index contributed by atoms with van der Waals surface area (Å²) < 4.78 is 0. The van der Waals surface area contributed by atoms with Crippen molar-refractivity contribution in [1.29, 1.82) is 0 Å². The third kappa shape index (κ3) is 3.06. The molecule has 1 N–H and O–H groups in total. The number of nitrogens with one attached hydrogen (secondary N) is 1. The molecule has 2 heterocycles. The predicted octanol–water partition coefficient (Wildman–Crippen LogP) is 3.51. The van der Waals surface area contributed by atoms with Gasteiger partial charge in [0.1, 0.15) is 0 Å². The van der Waals surface area contributed by atoms with Gasteiger partial charge in [-0.1, -0.05) is 30.3 Å². The lowest BCUT2D eigenvalue weighted by molar-refractivity contribution is 0.101. The van der Waals surface area contributed by atoms with Crippen LogP contribution in [0.3, 0.4) is 0 Å². The maximum atomic E-state index is 11.5. The minimum absolute atomic E-state index is 0.0186. The number of carbonyl (C=O) groups is 1. The number of nitrogens with zero attached hydrogens (tertiary/aromatic N) is 4. The zero-order chi connectivity index (χ0) is 17.2. The number of fused-ring (bicyclic) bond motifs is 1. The molecular weight excluding hydrogens is 314 g/mol. The van der Waals surface area contributed by atoms with E-state index in [9.17, 15) is 4.79 Å². The van der Waals surface area contributed by atoms with E-state index in [1.54, 1.807) is 25.3 Å². The molecule has 1 aromatic heterocycles. The highest BCUT2D eigenvalue weighted by Gasteiger charge is 2.21. The first kappa shape index (κ1) is 15.3. The average Bonchev–Trinajstić information content (AvgIpc) is 3.06. The number of hydrogen-bond acceptors (Lipinski definition) is 6. The van der Waals surface area contributed by atoms with Crippen LogP contribution in [0, 0.1) is 0 Å². The molecule has 25 heavy (non-hydrogen) atoms. The highest BCUT2D eigenvalue weighted by molar-refractivity contribution is 5.95. The molecule has 0 spiro atoms. The summed E-state index contributed by atoms with van der Waals surface area (Å²) in [5.41, 5.74) is 3.87. The summed E-state index contributed by atoms with van der Waals surface area (Å²) in [6, 6.07) is 15.6. The molecule has 6 heteroatoms. The van der Waals surface area contributed by atoms with Gasteiger partial charge in [0.25, 0.3) is 0 Å². The molecule has 2 aromatic carbocycles. The van der Waals surface area contributed by atoms with E-state index in [-0.39, 0.29) is 5.78 Å². The molecule has 0 aliphatic carbocycles. The van der Waals surface area contributed by atoms with Crippen LogP contribution >= 0.6 is 0 Å². The lowest BCUT2D eigenvalue weighted by Crippen LogP contribution is -2.16. The van der Waals surface area contributed by atoms with Crippen molar-refractivity contribution in [2.45, 2.75) is 13.3 Å². The first-order chi connectivity index (χ1) is 12.2. The van der Waals surface area contributed by atoms with Crippen LogP contribution in [-0.2, 0) is 6.42 Å². The molecule has 0 radical (unpaired) electrons. The zero-order valence-electron chi connectivity index (χ0n) is 13.8. The summed E-state index contributed by atoms with van der Waals surface area (Å²) in [6.07, 6.45) is 2.66. The van der Waals surface area contributed by atoms with Crippen LogP contribution in [0.4, 0.5) is 23.1 Å². The Morgan fingerprint density at radius 1 is 1.16 bits per heavy atom. The van der Waals surface area contributed by atoms with Crippen molar-refractivity contribution >= 4 is 28.9 Å². The SMILES string of the molecule is CC(=O)c1cccc(Nc2nncc(N3CCc4ccccc43)n2)c1. The third-order valence-corrected chi connectivity index (χ3v) is 4.24. The van der Waals surface area contributed by atoms with Crippen LogP contribution in [0.5, 0.6) is 0 Å². The Kier molecular flexibility index (Phi) is 3.85. The number of anilines is 4. The fourth-order valence-corrected chi connectivity index (χ4v) is 3.00. The Bertz CT molecular complexity index is 940. The van der Waals surface area contributed by atoms with Gasteiger partial charge in [0.2, 0.25) is 5.95 Å². The zero-order valence-corrected chi connectivity index (χ0v) is 13.8. The maximum absolute atomic E-state index is 11.5.